The van der Waals surface area contributed by atoms with Crippen molar-refractivity contribution in [2.24, 2.45) is 22.8 Å². The summed E-state index contributed by atoms with van der Waals surface area (Å²) in [6, 6.07) is -1.11. The summed E-state index contributed by atoms with van der Waals surface area (Å²) in [7, 11) is 0. The molecule has 110 valence electrons. The molecule has 5 N–H and O–H groups in total. The number of nitrogens with two attached hydrogens (primary N) is 2. The van der Waals surface area contributed by atoms with E-state index in [1.807, 2.05) is 13.8 Å². The Morgan fingerprint density at radius 1 is 1.40 bits per heavy atom. The number of nitrogens with zero attached hydrogens (tertiary/aromatic N) is 1. The summed E-state index contributed by atoms with van der Waals surface area (Å²) in [5.41, 5.74) is 11.1. The van der Waals surface area contributed by atoms with Gasteiger partial charge in [0.25, 0.3) is 0 Å². The van der Waals surface area contributed by atoms with Gasteiger partial charge in [-0.3, -0.25) is 14.9 Å². The predicted octanol–water partition coefficient (Wildman–Crippen LogP) is -0.722. The molecule has 0 aromatic heterocycles. The van der Waals surface area contributed by atoms with E-state index in [4.69, 9.17) is 11.5 Å². The molecular weight excluding hydrogens is 256 g/mol. The van der Waals surface area contributed by atoms with E-state index >= 15 is 0 Å². The number of hydrogen-bond acceptors (Lipinski definition) is 4. The predicted molar refractivity (Wildman–Crippen MR) is 72.1 cm³/mol. The van der Waals surface area contributed by atoms with Crippen molar-refractivity contribution in [3.8, 4) is 0 Å². The summed E-state index contributed by atoms with van der Waals surface area (Å²) in [5.74, 6) is -0.307. The van der Waals surface area contributed by atoms with Crippen LogP contribution in [0.2, 0.25) is 0 Å². The topological polar surface area (TPSA) is 101 Å². The summed E-state index contributed by atoms with van der Waals surface area (Å²) >= 11 is 0. The van der Waals surface area contributed by atoms with Crippen LogP contribution in [0.4, 0.5) is 0 Å². The Morgan fingerprint density at radius 2 is 2.05 bits per heavy atom. The standard InChI is InChI=1S/C14H22N4O2/c1-12(2)9(15)11(20)18-8(10(16)19)7-5-14(18,17-12)6-13(7)3-4-13/h7-9,17H,3-6,15H2,1-2H3,(H2,16,19)/t7-,8-,9+,14-/m0/s1. The number of amides is 2. The summed E-state index contributed by atoms with van der Waals surface area (Å²) in [4.78, 5) is 26.3. The zero-order valence-electron chi connectivity index (χ0n) is 12.0. The van der Waals surface area contributed by atoms with Crippen LogP contribution in [-0.4, -0.2) is 40.0 Å². The van der Waals surface area contributed by atoms with E-state index in [1.165, 1.54) is 0 Å². The van der Waals surface area contributed by atoms with Gasteiger partial charge in [-0.15, -0.1) is 0 Å². The quantitative estimate of drug-likeness (QED) is 0.589. The first-order valence-corrected chi connectivity index (χ1v) is 7.40. The molecule has 0 unspecified atom stereocenters. The van der Waals surface area contributed by atoms with Crippen LogP contribution in [0.3, 0.4) is 0 Å². The number of fused-ring (bicyclic) bond motifs is 2. The van der Waals surface area contributed by atoms with Gasteiger partial charge in [-0.25, -0.2) is 0 Å². The number of rotatable bonds is 1. The van der Waals surface area contributed by atoms with Crippen molar-refractivity contribution in [1.29, 1.82) is 0 Å². The van der Waals surface area contributed by atoms with E-state index in [9.17, 15) is 9.59 Å². The second-order valence-electron chi connectivity index (χ2n) is 7.76. The van der Waals surface area contributed by atoms with Gasteiger partial charge >= 0.3 is 0 Å². The van der Waals surface area contributed by atoms with E-state index in [1.54, 1.807) is 4.90 Å². The average Bonchev–Trinajstić information content (AvgIpc) is 2.90. The zero-order chi connectivity index (χ0) is 14.5. The minimum absolute atomic E-state index is 0.129. The van der Waals surface area contributed by atoms with Crippen LogP contribution >= 0.6 is 0 Å². The minimum Gasteiger partial charge on any atom is -0.368 e. The normalized spacial score (nSPS) is 46.6. The monoisotopic (exact) mass is 278 g/mol. The van der Waals surface area contributed by atoms with Crippen molar-refractivity contribution >= 4 is 11.8 Å². The van der Waals surface area contributed by atoms with Crippen LogP contribution in [-0.2, 0) is 9.59 Å². The zero-order valence-corrected chi connectivity index (χ0v) is 12.0. The Kier molecular flexibility index (Phi) is 2.01. The van der Waals surface area contributed by atoms with Crippen molar-refractivity contribution < 1.29 is 9.59 Å². The SMILES string of the molecule is CC1(C)N[C@@]23C[C@@H]([C@@H](C(N)=O)N2C(=O)[C@H]1N)C1(CC1)C3. The molecule has 0 aromatic rings. The fourth-order valence-electron chi connectivity index (χ4n) is 5.12. The van der Waals surface area contributed by atoms with Crippen molar-refractivity contribution in [2.45, 2.75) is 62.8 Å². The highest BCUT2D eigenvalue weighted by Crippen LogP contribution is 2.70. The van der Waals surface area contributed by atoms with Gasteiger partial charge in [0.2, 0.25) is 11.8 Å². The van der Waals surface area contributed by atoms with E-state index in [2.05, 4.69) is 5.32 Å². The molecule has 2 aliphatic carbocycles. The van der Waals surface area contributed by atoms with Crippen LogP contribution in [0.15, 0.2) is 0 Å². The smallest absolute Gasteiger partial charge is 0.243 e. The molecule has 0 radical (unpaired) electrons. The Balaban J connectivity index is 1.82. The molecule has 6 heteroatoms. The largest absolute Gasteiger partial charge is 0.368 e. The highest BCUT2D eigenvalue weighted by atomic mass is 16.2. The van der Waals surface area contributed by atoms with Crippen LogP contribution in [0, 0.1) is 11.3 Å². The molecule has 4 rings (SSSR count). The number of carbonyl (C=O) groups is 2. The van der Waals surface area contributed by atoms with Crippen molar-refractivity contribution in [3.05, 3.63) is 0 Å². The third-order valence-electron chi connectivity index (χ3n) is 6.13. The maximum atomic E-state index is 12.7. The third kappa shape index (κ3) is 1.22. The molecule has 2 bridgehead atoms. The number of primary amides is 1. The van der Waals surface area contributed by atoms with Gasteiger partial charge in [-0.2, -0.15) is 0 Å². The first kappa shape index (κ1) is 12.6. The maximum Gasteiger partial charge on any atom is 0.243 e. The first-order valence-electron chi connectivity index (χ1n) is 7.40. The highest BCUT2D eigenvalue weighted by Gasteiger charge is 2.75. The fourth-order valence-corrected chi connectivity index (χ4v) is 5.12. The van der Waals surface area contributed by atoms with Crippen LogP contribution in [0.5, 0.6) is 0 Å². The van der Waals surface area contributed by atoms with Gasteiger partial charge < -0.3 is 16.4 Å². The van der Waals surface area contributed by atoms with Crippen LogP contribution < -0.4 is 16.8 Å². The van der Waals surface area contributed by atoms with E-state index in [0.29, 0.717) is 0 Å². The van der Waals surface area contributed by atoms with Crippen molar-refractivity contribution in [1.82, 2.24) is 10.2 Å². The summed E-state index contributed by atoms with van der Waals surface area (Å²) in [6.45, 7) is 3.93. The Morgan fingerprint density at radius 3 is 2.60 bits per heavy atom. The number of piperidine rings is 1. The highest BCUT2D eigenvalue weighted by molar-refractivity contribution is 5.92. The number of carbonyl (C=O) groups excluding carboxylic acids is 2. The van der Waals surface area contributed by atoms with Crippen molar-refractivity contribution in [3.63, 3.8) is 0 Å². The lowest BCUT2D eigenvalue weighted by Gasteiger charge is -2.55. The molecule has 6 nitrogen and oxygen atoms in total. The van der Waals surface area contributed by atoms with E-state index < -0.39 is 23.3 Å². The lowest BCUT2D eigenvalue weighted by molar-refractivity contribution is -0.159. The molecule has 2 saturated heterocycles. The third-order valence-corrected chi connectivity index (χ3v) is 6.13. The molecular formula is C14H22N4O2. The number of nitrogens with one attached hydrogen (secondary N) is 1. The second kappa shape index (κ2) is 3.20. The Labute approximate surface area is 118 Å². The van der Waals surface area contributed by atoms with Gasteiger partial charge in [0.05, 0.1) is 5.66 Å². The molecule has 4 atom stereocenters. The van der Waals surface area contributed by atoms with Crippen molar-refractivity contribution in [2.75, 3.05) is 0 Å². The molecule has 4 fully saturated rings. The summed E-state index contributed by atoms with van der Waals surface area (Å²) in [5, 5.41) is 3.59. The lowest BCUT2D eigenvalue weighted by Crippen LogP contribution is -2.79. The van der Waals surface area contributed by atoms with Gasteiger partial charge in [0.1, 0.15) is 12.1 Å². The minimum atomic E-state index is -0.635. The van der Waals surface area contributed by atoms with Crippen LogP contribution in [0.1, 0.15) is 39.5 Å². The Bertz CT molecular complexity index is 527. The summed E-state index contributed by atoms with van der Waals surface area (Å²) < 4.78 is 0. The van der Waals surface area contributed by atoms with Crippen LogP contribution in [0.25, 0.3) is 0 Å². The summed E-state index contributed by atoms with van der Waals surface area (Å²) in [6.07, 6.45) is 4.08. The number of hydrogen-bond donors (Lipinski definition) is 3. The fraction of sp³-hybridized carbons (Fsp3) is 0.857. The molecule has 2 heterocycles. The Hall–Kier alpha value is -1.14. The average molecular weight is 278 g/mol. The van der Waals surface area contributed by atoms with Gasteiger partial charge in [-0.05, 0) is 50.9 Å². The maximum absolute atomic E-state index is 12.7. The molecule has 2 spiro atoms. The molecule has 2 aliphatic heterocycles. The van der Waals surface area contributed by atoms with E-state index in [-0.39, 0.29) is 23.1 Å². The molecule has 0 aromatic carbocycles. The lowest BCUT2D eigenvalue weighted by atomic mass is 9.80. The first-order chi connectivity index (χ1) is 9.23. The molecule has 20 heavy (non-hydrogen) atoms. The van der Waals surface area contributed by atoms with E-state index in [0.717, 1.165) is 25.7 Å². The van der Waals surface area contributed by atoms with Gasteiger partial charge in [0.15, 0.2) is 0 Å². The second-order valence-corrected chi connectivity index (χ2v) is 7.76. The molecule has 4 aliphatic rings. The van der Waals surface area contributed by atoms with Gasteiger partial charge in [0, 0.05) is 5.54 Å². The van der Waals surface area contributed by atoms with Gasteiger partial charge in [-0.1, -0.05) is 0 Å². The molecule has 2 saturated carbocycles. The molecule has 2 amide bonds.